The Balaban J connectivity index is 1.89. The molecular weight excluding hydrogens is 270 g/mol. The highest BCUT2D eigenvalue weighted by atomic mass is 32.1. The van der Waals surface area contributed by atoms with Gasteiger partial charge in [-0.1, -0.05) is 42.2 Å². The molecule has 0 atom stereocenters. The van der Waals surface area contributed by atoms with E-state index in [2.05, 4.69) is 17.2 Å². The van der Waals surface area contributed by atoms with E-state index in [1.165, 1.54) is 0 Å². The molecule has 1 amide bonds. The molecule has 1 aromatic carbocycles. The van der Waals surface area contributed by atoms with Crippen molar-refractivity contribution in [1.82, 2.24) is 5.32 Å². The van der Waals surface area contributed by atoms with Gasteiger partial charge in [-0.3, -0.25) is 4.79 Å². The van der Waals surface area contributed by atoms with Crippen molar-refractivity contribution in [1.29, 1.82) is 0 Å². The van der Waals surface area contributed by atoms with Crippen LogP contribution in [-0.4, -0.2) is 17.6 Å². The topological polar surface area (TPSA) is 49.3 Å². The first-order chi connectivity index (χ1) is 9.79. The largest absolute Gasteiger partial charge is 0.384 e. The van der Waals surface area contributed by atoms with Crippen LogP contribution in [0.1, 0.15) is 16.0 Å². The number of amides is 1. The van der Waals surface area contributed by atoms with E-state index in [4.69, 9.17) is 5.11 Å². The second-order valence-corrected chi connectivity index (χ2v) is 5.16. The first-order valence-corrected chi connectivity index (χ1v) is 7.14. The summed E-state index contributed by atoms with van der Waals surface area (Å²) < 4.78 is 0. The number of thiophene rings is 1. The van der Waals surface area contributed by atoms with Crippen molar-refractivity contribution in [3.05, 3.63) is 57.8 Å². The normalized spacial score (nSPS) is 9.65. The van der Waals surface area contributed by atoms with Crippen molar-refractivity contribution in [3.63, 3.8) is 0 Å². The van der Waals surface area contributed by atoms with E-state index < -0.39 is 0 Å². The molecule has 2 aromatic rings. The van der Waals surface area contributed by atoms with Crippen LogP contribution >= 0.6 is 11.3 Å². The smallest absolute Gasteiger partial charge is 0.224 e. The number of benzene rings is 1. The lowest BCUT2D eigenvalue weighted by Crippen LogP contribution is -2.24. The highest BCUT2D eigenvalue weighted by Gasteiger charge is 2.06. The van der Waals surface area contributed by atoms with Gasteiger partial charge in [-0.15, -0.1) is 11.3 Å². The fraction of sp³-hybridized carbons (Fsp3) is 0.188. The summed E-state index contributed by atoms with van der Waals surface area (Å²) in [7, 11) is 0. The number of rotatable bonds is 4. The van der Waals surface area contributed by atoms with E-state index >= 15 is 0 Å². The summed E-state index contributed by atoms with van der Waals surface area (Å²) in [6.07, 6.45) is 0.379. The van der Waals surface area contributed by atoms with Crippen LogP contribution in [0, 0.1) is 11.8 Å². The van der Waals surface area contributed by atoms with Gasteiger partial charge in [-0.25, -0.2) is 0 Å². The Morgan fingerprint density at radius 1 is 1.25 bits per heavy atom. The molecule has 3 nitrogen and oxygen atoms in total. The highest BCUT2D eigenvalue weighted by Crippen LogP contribution is 2.15. The van der Waals surface area contributed by atoms with E-state index in [0.29, 0.717) is 13.0 Å². The number of nitrogens with one attached hydrogen (secondary N) is 1. The average Bonchev–Trinajstić information content (AvgIpc) is 2.91. The fourth-order valence-electron chi connectivity index (χ4n) is 1.75. The van der Waals surface area contributed by atoms with Gasteiger partial charge in [-0.05, 0) is 17.0 Å². The molecule has 0 saturated carbocycles. The molecule has 0 saturated heterocycles. The number of hydrogen-bond donors (Lipinski definition) is 2. The van der Waals surface area contributed by atoms with Crippen LogP contribution in [-0.2, 0) is 17.8 Å². The highest BCUT2D eigenvalue weighted by molar-refractivity contribution is 7.10. The summed E-state index contributed by atoms with van der Waals surface area (Å²) in [6.45, 7) is 0.314. The SMILES string of the molecule is O=C(Cc1ccccc1)NCc1sccc1C#CCO. The Morgan fingerprint density at radius 2 is 2.05 bits per heavy atom. The summed E-state index contributed by atoms with van der Waals surface area (Å²) in [6, 6.07) is 11.5. The first-order valence-electron chi connectivity index (χ1n) is 6.26. The van der Waals surface area contributed by atoms with E-state index in [9.17, 15) is 4.79 Å². The summed E-state index contributed by atoms with van der Waals surface area (Å²) in [5.41, 5.74) is 1.86. The fourth-order valence-corrected chi connectivity index (χ4v) is 2.52. The van der Waals surface area contributed by atoms with E-state index in [1.807, 2.05) is 41.8 Å². The zero-order valence-corrected chi connectivity index (χ0v) is 11.7. The van der Waals surface area contributed by atoms with Crippen LogP contribution in [0.25, 0.3) is 0 Å². The Morgan fingerprint density at radius 3 is 2.80 bits per heavy atom. The molecule has 102 valence electrons. The summed E-state index contributed by atoms with van der Waals surface area (Å²) in [4.78, 5) is 12.9. The minimum Gasteiger partial charge on any atom is -0.384 e. The van der Waals surface area contributed by atoms with Gasteiger partial charge in [0.2, 0.25) is 5.91 Å². The summed E-state index contributed by atoms with van der Waals surface area (Å²) in [5.74, 6) is 5.48. The van der Waals surface area contributed by atoms with Gasteiger partial charge >= 0.3 is 0 Å². The Bertz CT molecular complexity index is 623. The van der Waals surface area contributed by atoms with Crippen molar-refractivity contribution in [3.8, 4) is 11.8 Å². The summed E-state index contributed by atoms with van der Waals surface area (Å²) >= 11 is 1.55. The zero-order valence-electron chi connectivity index (χ0n) is 10.9. The Kier molecular flexibility index (Phi) is 5.36. The van der Waals surface area contributed by atoms with Gasteiger partial charge < -0.3 is 10.4 Å². The molecule has 2 rings (SSSR count). The molecule has 0 unspecified atom stereocenters. The maximum Gasteiger partial charge on any atom is 0.224 e. The lowest BCUT2D eigenvalue weighted by Gasteiger charge is -2.04. The van der Waals surface area contributed by atoms with Gasteiger partial charge in [0.15, 0.2) is 0 Å². The predicted molar refractivity (Wildman–Crippen MR) is 80.3 cm³/mol. The molecule has 0 aliphatic carbocycles. The summed E-state index contributed by atoms with van der Waals surface area (Å²) in [5, 5.41) is 13.5. The second kappa shape index (κ2) is 7.49. The number of aliphatic hydroxyl groups is 1. The van der Waals surface area contributed by atoms with Gasteiger partial charge in [0.25, 0.3) is 0 Å². The minimum absolute atomic E-state index is 0.00864. The maximum absolute atomic E-state index is 11.9. The van der Waals surface area contributed by atoms with Crippen LogP contribution in [0.2, 0.25) is 0 Å². The predicted octanol–water partition coefficient (Wildman–Crippen LogP) is 1.95. The van der Waals surface area contributed by atoms with Crippen molar-refractivity contribution in [2.75, 3.05) is 6.61 Å². The van der Waals surface area contributed by atoms with Crippen LogP contribution in [0.4, 0.5) is 0 Å². The van der Waals surface area contributed by atoms with Crippen LogP contribution in [0.15, 0.2) is 41.8 Å². The minimum atomic E-state index is -0.157. The quantitative estimate of drug-likeness (QED) is 0.844. The van der Waals surface area contributed by atoms with Crippen molar-refractivity contribution in [2.24, 2.45) is 0 Å². The van der Waals surface area contributed by atoms with E-state index in [1.54, 1.807) is 11.3 Å². The Labute approximate surface area is 122 Å². The average molecular weight is 285 g/mol. The maximum atomic E-state index is 11.9. The first kappa shape index (κ1) is 14.3. The molecular formula is C16H15NO2S. The van der Waals surface area contributed by atoms with Crippen molar-refractivity contribution >= 4 is 17.2 Å². The van der Waals surface area contributed by atoms with Crippen molar-refractivity contribution < 1.29 is 9.90 Å². The monoisotopic (exact) mass is 285 g/mol. The number of aliphatic hydroxyl groups excluding tert-OH is 1. The molecule has 20 heavy (non-hydrogen) atoms. The number of hydrogen-bond acceptors (Lipinski definition) is 3. The van der Waals surface area contributed by atoms with Crippen LogP contribution in [0.3, 0.4) is 0 Å². The lowest BCUT2D eigenvalue weighted by molar-refractivity contribution is -0.120. The zero-order chi connectivity index (χ0) is 14.2. The van der Waals surface area contributed by atoms with Gasteiger partial charge in [0.05, 0.1) is 13.0 Å². The molecule has 0 spiro atoms. The van der Waals surface area contributed by atoms with E-state index in [-0.39, 0.29) is 12.5 Å². The van der Waals surface area contributed by atoms with Crippen molar-refractivity contribution in [2.45, 2.75) is 13.0 Å². The molecule has 0 bridgehead atoms. The molecule has 1 heterocycles. The third kappa shape index (κ3) is 4.23. The molecule has 0 fully saturated rings. The molecule has 2 N–H and O–H groups in total. The van der Waals surface area contributed by atoms with E-state index in [0.717, 1.165) is 16.0 Å². The number of carbonyl (C=O) groups is 1. The third-order valence-electron chi connectivity index (χ3n) is 2.70. The van der Waals surface area contributed by atoms with Gasteiger partial charge in [-0.2, -0.15) is 0 Å². The lowest BCUT2D eigenvalue weighted by atomic mass is 10.1. The Hall–Kier alpha value is -2.09. The molecule has 4 heteroatoms. The molecule has 0 radical (unpaired) electrons. The third-order valence-corrected chi connectivity index (χ3v) is 3.62. The molecule has 1 aromatic heterocycles. The van der Waals surface area contributed by atoms with Crippen LogP contribution in [0.5, 0.6) is 0 Å². The molecule has 0 aliphatic heterocycles. The van der Waals surface area contributed by atoms with Crippen LogP contribution < -0.4 is 5.32 Å². The number of carbonyl (C=O) groups excluding carboxylic acids is 1. The van der Waals surface area contributed by atoms with Gasteiger partial charge in [0, 0.05) is 10.4 Å². The standard InChI is InChI=1S/C16H15NO2S/c18-9-4-7-14-8-10-20-15(14)12-17-16(19)11-13-5-2-1-3-6-13/h1-3,5-6,8,10,18H,9,11-12H2,(H,17,19). The molecule has 0 aliphatic rings. The van der Waals surface area contributed by atoms with Gasteiger partial charge in [0.1, 0.15) is 6.61 Å². The second-order valence-electron chi connectivity index (χ2n) is 4.16.